The second-order valence-electron chi connectivity index (χ2n) is 5.93. The van der Waals surface area contributed by atoms with Crippen LogP contribution in [0.5, 0.6) is 0 Å². The van der Waals surface area contributed by atoms with Crippen molar-refractivity contribution in [2.24, 2.45) is 5.41 Å². The number of hydrogen-bond donors (Lipinski definition) is 2. The lowest BCUT2D eigenvalue weighted by Crippen LogP contribution is -2.30. The summed E-state index contributed by atoms with van der Waals surface area (Å²) < 4.78 is 0. The van der Waals surface area contributed by atoms with E-state index >= 15 is 0 Å². The highest BCUT2D eigenvalue weighted by Crippen LogP contribution is 2.22. The Morgan fingerprint density at radius 3 is 2.58 bits per heavy atom. The van der Waals surface area contributed by atoms with Gasteiger partial charge in [0.2, 0.25) is 5.91 Å². The number of carbonyl (C=O) groups is 1. The third-order valence-corrected chi connectivity index (χ3v) is 3.40. The van der Waals surface area contributed by atoms with Gasteiger partial charge in [0, 0.05) is 23.7 Å². The van der Waals surface area contributed by atoms with Gasteiger partial charge >= 0.3 is 0 Å². The zero-order valence-corrected chi connectivity index (χ0v) is 12.7. The molecule has 0 aliphatic carbocycles. The van der Waals surface area contributed by atoms with Crippen molar-refractivity contribution >= 4 is 11.6 Å². The predicted molar refractivity (Wildman–Crippen MR) is 81.1 cm³/mol. The van der Waals surface area contributed by atoms with Crippen molar-refractivity contribution in [1.29, 1.82) is 0 Å². The van der Waals surface area contributed by atoms with Gasteiger partial charge in [-0.3, -0.25) is 4.79 Å². The lowest BCUT2D eigenvalue weighted by molar-refractivity contribution is -0.124. The highest BCUT2D eigenvalue weighted by Gasteiger charge is 2.25. The maximum Gasteiger partial charge on any atom is 0.230 e. The molecule has 0 aliphatic rings. The SMILES string of the molecule is CCC(C)(C)C(=O)Nc1cccc(CNC(C)C)c1. The van der Waals surface area contributed by atoms with Crippen LogP contribution in [0, 0.1) is 5.41 Å². The minimum Gasteiger partial charge on any atom is -0.326 e. The van der Waals surface area contributed by atoms with Gasteiger partial charge in [0.1, 0.15) is 0 Å². The van der Waals surface area contributed by atoms with Crippen molar-refractivity contribution in [3.8, 4) is 0 Å². The summed E-state index contributed by atoms with van der Waals surface area (Å²) in [6.45, 7) is 11.0. The Hall–Kier alpha value is -1.35. The molecule has 1 aromatic rings. The summed E-state index contributed by atoms with van der Waals surface area (Å²) in [4.78, 5) is 12.1. The van der Waals surface area contributed by atoms with Gasteiger partial charge in [-0.2, -0.15) is 0 Å². The summed E-state index contributed by atoms with van der Waals surface area (Å²) in [5, 5.41) is 6.37. The smallest absolute Gasteiger partial charge is 0.230 e. The molecule has 1 rings (SSSR count). The van der Waals surface area contributed by atoms with E-state index in [4.69, 9.17) is 0 Å². The minimum atomic E-state index is -0.327. The van der Waals surface area contributed by atoms with Gasteiger partial charge in [0.15, 0.2) is 0 Å². The largest absolute Gasteiger partial charge is 0.326 e. The van der Waals surface area contributed by atoms with E-state index in [1.807, 2.05) is 39.0 Å². The van der Waals surface area contributed by atoms with Gasteiger partial charge in [0.25, 0.3) is 0 Å². The third kappa shape index (κ3) is 5.03. The molecule has 0 spiro atoms. The maximum absolute atomic E-state index is 12.1. The second-order valence-corrected chi connectivity index (χ2v) is 5.93. The molecular weight excluding hydrogens is 236 g/mol. The number of benzene rings is 1. The van der Waals surface area contributed by atoms with E-state index in [1.54, 1.807) is 0 Å². The fraction of sp³-hybridized carbons (Fsp3) is 0.562. The first-order valence-electron chi connectivity index (χ1n) is 6.99. The van der Waals surface area contributed by atoms with Crippen LogP contribution in [0.2, 0.25) is 0 Å². The van der Waals surface area contributed by atoms with Crippen LogP contribution in [0.1, 0.15) is 46.6 Å². The maximum atomic E-state index is 12.1. The first kappa shape index (κ1) is 15.7. The monoisotopic (exact) mass is 262 g/mol. The van der Waals surface area contributed by atoms with Crippen LogP contribution in [0.4, 0.5) is 5.69 Å². The van der Waals surface area contributed by atoms with Gasteiger partial charge in [-0.25, -0.2) is 0 Å². The molecule has 0 aliphatic heterocycles. The molecule has 0 atom stereocenters. The molecule has 0 fully saturated rings. The molecule has 0 heterocycles. The normalized spacial score (nSPS) is 11.7. The molecule has 0 radical (unpaired) electrons. The summed E-state index contributed by atoms with van der Waals surface area (Å²) in [7, 11) is 0. The van der Waals surface area contributed by atoms with Crippen molar-refractivity contribution in [3.63, 3.8) is 0 Å². The molecule has 2 N–H and O–H groups in total. The standard InChI is InChI=1S/C16H26N2O/c1-6-16(4,5)15(19)18-14-9-7-8-13(10-14)11-17-12(2)3/h7-10,12,17H,6,11H2,1-5H3,(H,18,19). The van der Waals surface area contributed by atoms with Crippen molar-refractivity contribution in [2.75, 3.05) is 5.32 Å². The fourth-order valence-electron chi connectivity index (χ4n) is 1.54. The van der Waals surface area contributed by atoms with Crippen LogP contribution >= 0.6 is 0 Å². The molecule has 0 aromatic heterocycles. The summed E-state index contributed by atoms with van der Waals surface area (Å²) in [6.07, 6.45) is 0.827. The highest BCUT2D eigenvalue weighted by atomic mass is 16.2. The van der Waals surface area contributed by atoms with Crippen LogP contribution in [0.25, 0.3) is 0 Å². The Bertz CT molecular complexity index is 425. The molecular formula is C16H26N2O. The average Bonchev–Trinajstić information content (AvgIpc) is 2.36. The van der Waals surface area contributed by atoms with Crippen molar-refractivity contribution < 1.29 is 4.79 Å². The molecule has 3 heteroatoms. The van der Waals surface area contributed by atoms with Crippen LogP contribution in [0.3, 0.4) is 0 Å². The predicted octanol–water partition coefficient (Wildman–Crippen LogP) is 3.56. The first-order valence-corrected chi connectivity index (χ1v) is 6.99. The Morgan fingerprint density at radius 2 is 2.00 bits per heavy atom. The van der Waals surface area contributed by atoms with Crippen LogP contribution in [-0.2, 0) is 11.3 Å². The Balaban J connectivity index is 2.69. The van der Waals surface area contributed by atoms with E-state index in [1.165, 1.54) is 5.56 Å². The van der Waals surface area contributed by atoms with E-state index in [2.05, 4.69) is 30.5 Å². The summed E-state index contributed by atoms with van der Waals surface area (Å²) in [6, 6.07) is 8.46. The number of amides is 1. The van der Waals surface area contributed by atoms with Gasteiger partial charge in [-0.1, -0.05) is 46.8 Å². The molecule has 0 saturated heterocycles. The van der Waals surface area contributed by atoms with Crippen LogP contribution in [0.15, 0.2) is 24.3 Å². The number of hydrogen-bond acceptors (Lipinski definition) is 2. The van der Waals surface area contributed by atoms with E-state index in [-0.39, 0.29) is 11.3 Å². The first-order chi connectivity index (χ1) is 8.85. The Labute approximate surface area is 116 Å². The third-order valence-electron chi connectivity index (χ3n) is 3.40. The van der Waals surface area contributed by atoms with Gasteiger partial charge in [-0.05, 0) is 24.1 Å². The minimum absolute atomic E-state index is 0.0731. The van der Waals surface area contributed by atoms with Crippen molar-refractivity contribution in [1.82, 2.24) is 5.32 Å². The number of carbonyl (C=O) groups excluding carboxylic acids is 1. The lowest BCUT2D eigenvalue weighted by atomic mass is 9.89. The molecule has 0 unspecified atom stereocenters. The Morgan fingerprint density at radius 1 is 1.32 bits per heavy atom. The zero-order valence-electron chi connectivity index (χ0n) is 12.7. The summed E-state index contributed by atoms with van der Waals surface area (Å²) in [5.41, 5.74) is 1.72. The average molecular weight is 262 g/mol. The van der Waals surface area contributed by atoms with E-state index in [0.29, 0.717) is 6.04 Å². The number of anilines is 1. The lowest BCUT2D eigenvalue weighted by Gasteiger charge is -2.21. The molecule has 1 aromatic carbocycles. The number of nitrogens with one attached hydrogen (secondary N) is 2. The van der Waals surface area contributed by atoms with Crippen molar-refractivity contribution in [3.05, 3.63) is 29.8 Å². The topological polar surface area (TPSA) is 41.1 Å². The summed E-state index contributed by atoms with van der Waals surface area (Å²) >= 11 is 0. The fourth-order valence-corrected chi connectivity index (χ4v) is 1.54. The highest BCUT2D eigenvalue weighted by molar-refractivity contribution is 5.94. The van der Waals surface area contributed by atoms with E-state index < -0.39 is 0 Å². The second kappa shape index (κ2) is 6.71. The summed E-state index contributed by atoms with van der Waals surface area (Å²) in [5.74, 6) is 0.0731. The van der Waals surface area contributed by atoms with Crippen LogP contribution in [-0.4, -0.2) is 11.9 Å². The molecule has 3 nitrogen and oxygen atoms in total. The number of rotatable bonds is 6. The molecule has 0 saturated carbocycles. The molecule has 0 bridgehead atoms. The Kier molecular flexibility index (Phi) is 5.55. The van der Waals surface area contributed by atoms with Gasteiger partial charge < -0.3 is 10.6 Å². The molecule has 1 amide bonds. The van der Waals surface area contributed by atoms with E-state index in [9.17, 15) is 4.79 Å². The van der Waals surface area contributed by atoms with Gasteiger partial charge in [-0.15, -0.1) is 0 Å². The quantitative estimate of drug-likeness (QED) is 0.823. The molecule has 19 heavy (non-hydrogen) atoms. The zero-order chi connectivity index (χ0) is 14.5. The van der Waals surface area contributed by atoms with Gasteiger partial charge in [0.05, 0.1) is 0 Å². The molecule has 106 valence electrons. The van der Waals surface area contributed by atoms with Crippen LogP contribution < -0.4 is 10.6 Å². The van der Waals surface area contributed by atoms with Crippen molar-refractivity contribution in [2.45, 2.75) is 53.6 Å². The van der Waals surface area contributed by atoms with E-state index in [0.717, 1.165) is 18.7 Å².